The summed E-state index contributed by atoms with van der Waals surface area (Å²) in [6.45, 7) is 0. The fourth-order valence-corrected chi connectivity index (χ4v) is 20.6. The Labute approximate surface area is 648 Å². The molecule has 0 radical (unpaired) electrons. The molecule has 73 heavy (non-hydrogen) atoms. The van der Waals surface area contributed by atoms with E-state index in [1.807, 2.05) is 0 Å². The quantitative estimate of drug-likeness (QED) is 0.110. The maximum Gasteiger partial charge on any atom is 0.343 e. The zero-order valence-corrected chi connectivity index (χ0v) is 66.1. The van der Waals surface area contributed by atoms with Crippen molar-refractivity contribution < 1.29 is 9.90 Å². The van der Waals surface area contributed by atoms with Gasteiger partial charge in [0.25, 0.3) is 0 Å². The minimum atomic E-state index is -3.93. The standard InChI is InChI=1S/C24HCl47O2/c25-2(26,1(72)73)3(27,28)4(29,30)5(31,32)6(33,34)7(35,36)8(37,38)9(39,40)10(41,42)11(43,44)12(45,46)13(47,48)14(49,50)15(51,52)16(53,54)17(55,56)18(57,58)19(59,60)20(61,62)21(63,64)22(65,66)23(67,68)24(69,70)71/h(H,72,73). The summed E-state index contributed by atoms with van der Waals surface area (Å²) in [5.41, 5.74) is 0. The molecule has 0 aromatic carbocycles. The van der Waals surface area contributed by atoms with Gasteiger partial charge in [-0.1, -0.05) is 545 Å². The number of hydrogen-bond acceptors (Lipinski definition) is 1. The van der Waals surface area contributed by atoms with E-state index >= 15 is 0 Å². The fraction of sp³-hybridized carbons (Fsp3) is 0.958. The van der Waals surface area contributed by atoms with E-state index in [9.17, 15) is 9.90 Å². The predicted octanol–water partition coefficient (Wildman–Crippen LogP) is 27.3. The fourth-order valence-electron chi connectivity index (χ4n) is 4.26. The molecular formula is C24HCl47O2. The smallest absolute Gasteiger partial charge is 0.343 e. The van der Waals surface area contributed by atoms with E-state index < -0.39 is 105 Å². The lowest BCUT2D eigenvalue weighted by Crippen LogP contribution is -2.77. The van der Waals surface area contributed by atoms with Crippen LogP contribution in [-0.2, 0) is 4.79 Å². The van der Waals surface area contributed by atoms with Crippen molar-refractivity contribution in [2.75, 3.05) is 0 Å². The molecular weight excluding hydrogens is 1990 g/mol. The highest BCUT2D eigenvalue weighted by Crippen LogP contribution is 2.80. The van der Waals surface area contributed by atoms with Crippen molar-refractivity contribution in [1.29, 1.82) is 0 Å². The summed E-state index contributed by atoms with van der Waals surface area (Å²) in [7, 11) is 0. The van der Waals surface area contributed by atoms with Crippen LogP contribution >= 0.6 is 545 Å². The van der Waals surface area contributed by atoms with Crippen molar-refractivity contribution >= 4 is 551 Å². The van der Waals surface area contributed by atoms with E-state index in [1.165, 1.54) is 0 Å². The van der Waals surface area contributed by atoms with E-state index in [0.717, 1.165) is 0 Å². The molecule has 0 unspecified atom stereocenters. The minimum Gasteiger partial charge on any atom is -0.479 e. The van der Waals surface area contributed by atoms with Crippen LogP contribution in [0.1, 0.15) is 0 Å². The molecule has 0 aliphatic rings. The van der Waals surface area contributed by atoms with E-state index in [4.69, 9.17) is 545 Å². The molecule has 438 valence electrons. The van der Waals surface area contributed by atoms with Crippen molar-refractivity contribution in [3.05, 3.63) is 0 Å². The molecule has 0 fully saturated rings. The van der Waals surface area contributed by atoms with Gasteiger partial charge < -0.3 is 5.11 Å². The zero-order valence-electron chi connectivity index (χ0n) is 30.6. The van der Waals surface area contributed by atoms with Crippen molar-refractivity contribution in [3.8, 4) is 0 Å². The lowest BCUT2D eigenvalue weighted by Gasteiger charge is -2.59. The molecule has 0 saturated heterocycles. The summed E-state index contributed by atoms with van der Waals surface area (Å²) in [5.74, 6) is -2.24. The number of halogens is 47. The van der Waals surface area contributed by atoms with Crippen molar-refractivity contribution in [3.63, 3.8) is 0 Å². The molecule has 0 heterocycles. The van der Waals surface area contributed by atoms with Gasteiger partial charge in [-0.2, -0.15) is 0 Å². The molecule has 2 nitrogen and oxygen atoms in total. The molecule has 0 aliphatic carbocycles. The average Bonchev–Trinajstić information content (AvgIpc) is 3.15. The summed E-state index contributed by atoms with van der Waals surface area (Å²) in [6.07, 6.45) is 0. The third-order valence-corrected chi connectivity index (χ3v) is 43.2. The van der Waals surface area contributed by atoms with E-state index in [0.29, 0.717) is 0 Å². The average molecular weight is 1990 g/mol. The number of alkyl halides is 47. The Balaban J connectivity index is 8.17. The largest absolute Gasteiger partial charge is 0.479 e. The Hall–Kier alpha value is 13.1. The van der Waals surface area contributed by atoms with Gasteiger partial charge in [-0.15, -0.1) is 0 Å². The number of carboxylic acids is 1. The Kier molecular flexibility index (Phi) is 29.9. The molecule has 0 aromatic heterocycles. The Morgan fingerprint density at radius 3 is 0.329 bits per heavy atom. The maximum absolute atomic E-state index is 11.9. The van der Waals surface area contributed by atoms with Gasteiger partial charge in [0.1, 0.15) is 0 Å². The summed E-state index contributed by atoms with van der Waals surface area (Å²) < 4.78 is -85.1. The third-order valence-electron chi connectivity index (χ3n) is 8.91. The first kappa shape index (κ1) is 86.1. The van der Waals surface area contributed by atoms with Crippen LogP contribution < -0.4 is 0 Å². The molecule has 49 heteroatoms. The third kappa shape index (κ3) is 12.5. The van der Waals surface area contributed by atoms with Gasteiger partial charge in [-0.05, 0) is 0 Å². The second kappa shape index (κ2) is 25.3. The molecule has 0 spiro atoms. The molecule has 0 aliphatic heterocycles. The molecule has 0 amide bonds. The Morgan fingerprint density at radius 2 is 0.247 bits per heavy atom. The molecule has 0 saturated carbocycles. The molecule has 0 bridgehead atoms. The van der Waals surface area contributed by atoms with Crippen LogP contribution in [0.4, 0.5) is 0 Å². The lowest BCUT2D eigenvalue weighted by atomic mass is 9.95. The van der Waals surface area contributed by atoms with E-state index in [2.05, 4.69) is 0 Å². The number of rotatable bonds is 22. The van der Waals surface area contributed by atoms with Crippen molar-refractivity contribution in [1.82, 2.24) is 0 Å². The Morgan fingerprint density at radius 1 is 0.164 bits per heavy atom. The van der Waals surface area contributed by atoms with Gasteiger partial charge in [0.15, 0.2) is 86.7 Å². The van der Waals surface area contributed by atoms with E-state index in [1.54, 1.807) is 0 Å². The number of carbonyl (C=O) groups is 1. The van der Waals surface area contributed by atoms with Gasteiger partial charge in [0.2, 0.25) is 12.5 Å². The first-order chi connectivity index (χ1) is 30.4. The van der Waals surface area contributed by atoms with Crippen molar-refractivity contribution in [2.45, 2.75) is 99.1 Å². The molecule has 0 atom stereocenters. The number of carboxylic acid groups (broad SMARTS) is 1. The highest BCUT2D eigenvalue weighted by atomic mass is 35.6. The lowest BCUT2D eigenvalue weighted by molar-refractivity contribution is -0.138. The second-order valence-corrected chi connectivity index (χ2v) is 44.9. The highest BCUT2D eigenvalue weighted by molar-refractivity contribution is 6.88. The van der Waals surface area contributed by atoms with Crippen molar-refractivity contribution in [2.24, 2.45) is 0 Å². The first-order valence-corrected chi connectivity index (χ1v) is 32.8. The number of aliphatic carboxylic acids is 1. The summed E-state index contributed by atoms with van der Waals surface area (Å²) in [4.78, 5) is 11.9. The molecule has 1 N–H and O–H groups in total. The summed E-state index contributed by atoms with van der Waals surface area (Å²) in [6, 6.07) is 0. The second-order valence-electron chi connectivity index (χ2n) is 13.4. The normalized spacial score (nSPS) is 17.4. The SMILES string of the molecule is O=C(O)C(Cl)(Cl)C(Cl)(Cl)C(Cl)(Cl)C(Cl)(Cl)C(Cl)(Cl)C(Cl)(Cl)C(Cl)(Cl)C(Cl)(Cl)C(Cl)(Cl)C(Cl)(Cl)C(Cl)(Cl)C(Cl)(Cl)C(Cl)(Cl)C(Cl)(Cl)C(Cl)(Cl)C(Cl)(Cl)C(Cl)(Cl)C(Cl)(Cl)C(Cl)(Cl)C(Cl)(Cl)C(Cl)(Cl)C(Cl)(Cl)C(Cl)(Cl)Cl. The topological polar surface area (TPSA) is 37.3 Å². The zero-order chi connectivity index (χ0) is 61.1. The van der Waals surface area contributed by atoms with Gasteiger partial charge in [0.05, 0.1) is 0 Å². The van der Waals surface area contributed by atoms with Gasteiger partial charge in [-0.25, -0.2) is 4.79 Å². The van der Waals surface area contributed by atoms with Gasteiger partial charge in [-0.3, -0.25) is 0 Å². The molecule has 0 aromatic rings. The summed E-state index contributed by atoms with van der Waals surface area (Å²) >= 11 is 303. The highest BCUT2D eigenvalue weighted by Gasteiger charge is 2.90. The van der Waals surface area contributed by atoms with Crippen LogP contribution in [-0.4, -0.2) is 110 Å². The van der Waals surface area contributed by atoms with Crippen LogP contribution in [0.25, 0.3) is 0 Å². The minimum absolute atomic E-state index is 2.24. The van der Waals surface area contributed by atoms with Crippen LogP contribution in [0.3, 0.4) is 0 Å². The van der Waals surface area contributed by atoms with Gasteiger partial charge in [0, 0.05) is 0 Å². The van der Waals surface area contributed by atoms with E-state index in [-0.39, 0.29) is 0 Å². The van der Waals surface area contributed by atoms with Crippen LogP contribution in [0.5, 0.6) is 0 Å². The van der Waals surface area contributed by atoms with Crippen LogP contribution in [0, 0.1) is 0 Å². The monoisotopic (exact) mass is 1960 g/mol. The van der Waals surface area contributed by atoms with Gasteiger partial charge >= 0.3 is 5.97 Å². The molecule has 0 rings (SSSR count). The van der Waals surface area contributed by atoms with Crippen LogP contribution in [0.2, 0.25) is 0 Å². The van der Waals surface area contributed by atoms with Crippen LogP contribution in [0.15, 0.2) is 0 Å². The predicted molar refractivity (Wildman–Crippen MR) is 346 cm³/mol. The maximum atomic E-state index is 11.9. The number of hydrogen-bond donors (Lipinski definition) is 1. The Bertz CT molecular complexity index is 2040. The first-order valence-electron chi connectivity index (χ1n) is 15.1. The summed E-state index contributed by atoms with van der Waals surface area (Å²) in [5, 5.41) is 9.59.